The normalized spacial score (nSPS) is 24.8. The summed E-state index contributed by atoms with van der Waals surface area (Å²) >= 11 is 3.52. The zero-order valence-electron chi connectivity index (χ0n) is 13.5. The minimum absolute atomic E-state index is 0.00894. The molecule has 0 unspecified atom stereocenters. The molecule has 124 valence electrons. The quantitative estimate of drug-likeness (QED) is 0.880. The van der Waals surface area contributed by atoms with E-state index in [4.69, 9.17) is 5.73 Å². The third-order valence-electron chi connectivity index (χ3n) is 5.42. The first-order valence-electron chi connectivity index (χ1n) is 8.46. The lowest BCUT2D eigenvalue weighted by molar-refractivity contribution is -0.133. The maximum Gasteiger partial charge on any atom is 0.233 e. The molecular formula is C20H21BrN2O. The van der Waals surface area contributed by atoms with Gasteiger partial charge in [0.1, 0.15) is 0 Å². The molecular weight excluding hydrogens is 364 g/mol. The Labute approximate surface area is 151 Å². The lowest BCUT2D eigenvalue weighted by Gasteiger charge is -2.24. The van der Waals surface area contributed by atoms with Crippen molar-refractivity contribution in [2.45, 2.75) is 30.2 Å². The Morgan fingerprint density at radius 1 is 1.08 bits per heavy atom. The Morgan fingerprint density at radius 2 is 1.83 bits per heavy atom. The van der Waals surface area contributed by atoms with Crippen LogP contribution >= 0.6 is 15.9 Å². The number of hydrogen-bond acceptors (Lipinski definition) is 2. The second-order valence-corrected chi connectivity index (χ2v) is 7.90. The van der Waals surface area contributed by atoms with Crippen molar-refractivity contribution >= 4 is 21.8 Å². The van der Waals surface area contributed by atoms with Gasteiger partial charge in [0.2, 0.25) is 5.91 Å². The molecule has 2 aliphatic rings. The minimum atomic E-state index is -0.324. The molecule has 4 rings (SSSR count). The number of nitrogens with zero attached hydrogens (tertiary/aromatic N) is 1. The second-order valence-electron chi connectivity index (χ2n) is 6.98. The first kappa shape index (κ1) is 15.9. The number of amides is 1. The summed E-state index contributed by atoms with van der Waals surface area (Å²) in [6.07, 6.45) is 1.87. The largest absolute Gasteiger partial charge is 0.340 e. The fraction of sp³-hybridized carbons (Fsp3) is 0.350. The van der Waals surface area contributed by atoms with E-state index in [1.54, 1.807) is 0 Å². The van der Waals surface area contributed by atoms with E-state index < -0.39 is 0 Å². The van der Waals surface area contributed by atoms with Gasteiger partial charge in [-0.05, 0) is 36.1 Å². The monoisotopic (exact) mass is 384 g/mol. The molecule has 0 aromatic heterocycles. The van der Waals surface area contributed by atoms with Crippen LogP contribution in [0, 0.1) is 0 Å². The van der Waals surface area contributed by atoms with Crippen LogP contribution in [0.25, 0.3) is 0 Å². The van der Waals surface area contributed by atoms with E-state index in [2.05, 4.69) is 40.2 Å². The predicted octanol–water partition coefficient (Wildman–Crippen LogP) is 3.43. The highest BCUT2D eigenvalue weighted by Crippen LogP contribution is 2.50. The molecule has 1 saturated carbocycles. The van der Waals surface area contributed by atoms with E-state index >= 15 is 0 Å². The molecule has 2 aromatic rings. The van der Waals surface area contributed by atoms with Crippen LogP contribution in [0.2, 0.25) is 0 Å². The smallest absolute Gasteiger partial charge is 0.233 e. The van der Waals surface area contributed by atoms with E-state index in [0.717, 1.165) is 29.4 Å². The lowest BCUT2D eigenvalue weighted by atomic mass is 9.94. The Bertz CT molecular complexity index is 757. The maximum atomic E-state index is 13.2. The third kappa shape index (κ3) is 2.68. The van der Waals surface area contributed by atoms with Gasteiger partial charge in [-0.25, -0.2) is 0 Å². The second kappa shape index (κ2) is 6.01. The van der Waals surface area contributed by atoms with E-state index in [1.165, 1.54) is 5.56 Å². The third-order valence-corrected chi connectivity index (χ3v) is 5.91. The standard InChI is InChI=1S/C20H21BrN2O/c21-16-8-4-7-15(11-16)20(9-10-20)19(24)23-12-17(18(22)13-23)14-5-2-1-3-6-14/h1-8,11,17-18H,9-10,12-13,22H2/t17-,18+/m0/s1. The topological polar surface area (TPSA) is 46.3 Å². The summed E-state index contributed by atoms with van der Waals surface area (Å²) in [4.78, 5) is 15.2. The van der Waals surface area contributed by atoms with Crippen LogP contribution in [0.15, 0.2) is 59.1 Å². The molecule has 0 spiro atoms. The summed E-state index contributed by atoms with van der Waals surface area (Å²) in [6, 6.07) is 18.5. The number of benzene rings is 2. The Balaban J connectivity index is 1.56. The molecule has 0 radical (unpaired) electrons. The molecule has 24 heavy (non-hydrogen) atoms. The molecule has 1 aliphatic heterocycles. The van der Waals surface area contributed by atoms with Gasteiger partial charge in [0, 0.05) is 29.5 Å². The predicted molar refractivity (Wildman–Crippen MR) is 98.8 cm³/mol. The van der Waals surface area contributed by atoms with Crippen LogP contribution in [0.5, 0.6) is 0 Å². The van der Waals surface area contributed by atoms with E-state index in [-0.39, 0.29) is 23.3 Å². The molecule has 4 heteroatoms. The van der Waals surface area contributed by atoms with E-state index in [9.17, 15) is 4.79 Å². The van der Waals surface area contributed by atoms with Gasteiger partial charge in [-0.15, -0.1) is 0 Å². The molecule has 1 saturated heterocycles. The molecule has 1 amide bonds. The van der Waals surface area contributed by atoms with Crippen molar-refractivity contribution in [1.29, 1.82) is 0 Å². The number of carbonyl (C=O) groups is 1. The summed E-state index contributed by atoms with van der Waals surface area (Å²) in [5, 5.41) is 0. The van der Waals surface area contributed by atoms with Crippen LogP contribution in [0.3, 0.4) is 0 Å². The number of rotatable bonds is 3. The minimum Gasteiger partial charge on any atom is -0.340 e. The van der Waals surface area contributed by atoms with Crippen LogP contribution < -0.4 is 5.73 Å². The number of likely N-dealkylation sites (tertiary alicyclic amines) is 1. The number of halogens is 1. The van der Waals surface area contributed by atoms with Crippen LogP contribution in [-0.2, 0) is 10.2 Å². The Hall–Kier alpha value is -1.65. The molecule has 2 fully saturated rings. The van der Waals surface area contributed by atoms with Crippen molar-refractivity contribution in [2.24, 2.45) is 5.73 Å². The van der Waals surface area contributed by atoms with Gasteiger partial charge < -0.3 is 10.6 Å². The van der Waals surface area contributed by atoms with Crippen molar-refractivity contribution in [3.05, 3.63) is 70.2 Å². The highest BCUT2D eigenvalue weighted by atomic mass is 79.9. The molecule has 2 N–H and O–H groups in total. The van der Waals surface area contributed by atoms with Gasteiger partial charge in [-0.3, -0.25) is 4.79 Å². The van der Waals surface area contributed by atoms with Crippen molar-refractivity contribution in [3.8, 4) is 0 Å². The summed E-state index contributed by atoms with van der Waals surface area (Å²) < 4.78 is 1.03. The first-order valence-corrected chi connectivity index (χ1v) is 9.25. The van der Waals surface area contributed by atoms with E-state index in [1.807, 2.05) is 35.2 Å². The molecule has 3 nitrogen and oxygen atoms in total. The average molecular weight is 385 g/mol. The Morgan fingerprint density at radius 3 is 2.50 bits per heavy atom. The average Bonchev–Trinajstić information content (AvgIpc) is 3.32. The highest BCUT2D eigenvalue weighted by molar-refractivity contribution is 9.10. The van der Waals surface area contributed by atoms with Gasteiger partial charge in [-0.2, -0.15) is 0 Å². The van der Waals surface area contributed by atoms with Gasteiger partial charge in [0.25, 0.3) is 0 Å². The fourth-order valence-electron chi connectivity index (χ4n) is 3.89. The van der Waals surface area contributed by atoms with Crippen LogP contribution in [0.4, 0.5) is 0 Å². The number of hydrogen-bond donors (Lipinski definition) is 1. The number of carbonyl (C=O) groups excluding carboxylic acids is 1. The molecule has 1 aliphatic carbocycles. The maximum absolute atomic E-state index is 13.2. The van der Waals surface area contributed by atoms with E-state index in [0.29, 0.717) is 6.54 Å². The van der Waals surface area contributed by atoms with Crippen molar-refractivity contribution in [3.63, 3.8) is 0 Å². The summed E-state index contributed by atoms with van der Waals surface area (Å²) in [5.74, 6) is 0.475. The number of nitrogens with two attached hydrogens (primary N) is 1. The van der Waals surface area contributed by atoms with Crippen LogP contribution in [0.1, 0.15) is 29.9 Å². The fourth-order valence-corrected chi connectivity index (χ4v) is 4.29. The van der Waals surface area contributed by atoms with Gasteiger partial charge in [0.15, 0.2) is 0 Å². The van der Waals surface area contributed by atoms with Gasteiger partial charge in [0.05, 0.1) is 5.41 Å². The zero-order chi connectivity index (χ0) is 16.7. The molecule has 2 atom stereocenters. The van der Waals surface area contributed by atoms with Crippen molar-refractivity contribution in [1.82, 2.24) is 4.90 Å². The molecule has 0 bridgehead atoms. The Kier molecular flexibility index (Phi) is 3.97. The summed E-state index contributed by atoms with van der Waals surface area (Å²) in [7, 11) is 0. The first-order chi connectivity index (χ1) is 11.6. The summed E-state index contributed by atoms with van der Waals surface area (Å²) in [5.41, 5.74) is 8.39. The molecule has 2 aromatic carbocycles. The molecule has 1 heterocycles. The van der Waals surface area contributed by atoms with Crippen molar-refractivity contribution < 1.29 is 4.79 Å². The zero-order valence-corrected chi connectivity index (χ0v) is 15.1. The lowest BCUT2D eigenvalue weighted by Crippen LogP contribution is -2.39. The van der Waals surface area contributed by atoms with Crippen LogP contribution in [-0.4, -0.2) is 29.9 Å². The highest BCUT2D eigenvalue weighted by Gasteiger charge is 2.54. The SMILES string of the molecule is N[C@@H]1CN(C(=O)C2(c3cccc(Br)c3)CC2)C[C@H]1c1ccccc1. The summed E-state index contributed by atoms with van der Waals surface area (Å²) in [6.45, 7) is 1.37. The van der Waals surface area contributed by atoms with Gasteiger partial charge >= 0.3 is 0 Å². The van der Waals surface area contributed by atoms with Crippen molar-refractivity contribution in [2.75, 3.05) is 13.1 Å². The van der Waals surface area contributed by atoms with Gasteiger partial charge in [-0.1, -0.05) is 58.4 Å².